The topological polar surface area (TPSA) is 32.3 Å². The average Bonchev–Trinajstić information content (AvgIpc) is 3.20. The first kappa shape index (κ1) is 15.2. The smallest absolute Gasteiger partial charge is 0.0610 e. The highest BCUT2D eigenvalue weighted by Gasteiger charge is 2.31. The van der Waals surface area contributed by atoms with Crippen molar-refractivity contribution in [1.82, 2.24) is 5.32 Å². The summed E-state index contributed by atoms with van der Waals surface area (Å²) in [7, 11) is 0. The quantitative estimate of drug-likeness (QED) is 0.567. The third-order valence-electron chi connectivity index (χ3n) is 3.45. The second-order valence-electron chi connectivity index (χ2n) is 5.52. The largest absolute Gasteiger partial charge is 0.394 e. The Morgan fingerprint density at radius 3 is 2.79 bits per heavy atom. The van der Waals surface area contributed by atoms with Gasteiger partial charge in [-0.05, 0) is 50.5 Å². The molecule has 0 aromatic heterocycles. The van der Waals surface area contributed by atoms with Crippen LogP contribution < -0.4 is 5.32 Å². The van der Waals surface area contributed by atoms with E-state index >= 15 is 0 Å². The van der Waals surface area contributed by atoms with Gasteiger partial charge in [0.05, 0.1) is 11.6 Å². The molecule has 0 heterocycles. The van der Waals surface area contributed by atoms with Crippen LogP contribution in [-0.4, -0.2) is 29.0 Å². The average molecular weight is 300 g/mol. The first-order valence-electron chi connectivity index (χ1n) is 6.89. The highest BCUT2D eigenvalue weighted by Crippen LogP contribution is 2.29. The summed E-state index contributed by atoms with van der Waals surface area (Å²) < 4.78 is 0. The maximum Gasteiger partial charge on any atom is 0.0610 e. The van der Waals surface area contributed by atoms with Gasteiger partial charge in [-0.25, -0.2) is 0 Å². The molecule has 1 unspecified atom stereocenters. The van der Waals surface area contributed by atoms with E-state index in [-0.39, 0.29) is 12.1 Å². The van der Waals surface area contributed by atoms with Crippen LogP contribution in [0.5, 0.6) is 0 Å². The number of aliphatic hydroxyl groups is 1. The molecule has 4 heteroatoms. The number of benzene rings is 1. The van der Waals surface area contributed by atoms with Crippen LogP contribution in [0, 0.1) is 0 Å². The second kappa shape index (κ2) is 6.98. The van der Waals surface area contributed by atoms with Crippen LogP contribution in [0.25, 0.3) is 0 Å². The van der Waals surface area contributed by atoms with Gasteiger partial charge in [0, 0.05) is 16.5 Å². The van der Waals surface area contributed by atoms with Crippen molar-refractivity contribution in [3.05, 3.63) is 29.3 Å². The summed E-state index contributed by atoms with van der Waals surface area (Å²) in [6, 6.07) is 8.58. The minimum Gasteiger partial charge on any atom is -0.394 e. The Balaban J connectivity index is 1.72. The Labute approximate surface area is 124 Å². The highest BCUT2D eigenvalue weighted by atomic mass is 35.5. The number of thioether (sulfide) groups is 1. The van der Waals surface area contributed by atoms with Gasteiger partial charge in [0.2, 0.25) is 0 Å². The maximum atomic E-state index is 9.53. The second-order valence-corrected chi connectivity index (χ2v) is 7.06. The monoisotopic (exact) mass is 299 g/mol. The molecule has 1 aliphatic carbocycles. The van der Waals surface area contributed by atoms with Gasteiger partial charge >= 0.3 is 0 Å². The lowest BCUT2D eigenvalue weighted by Crippen LogP contribution is -2.46. The number of halogens is 1. The zero-order chi connectivity index (χ0) is 13.7. The van der Waals surface area contributed by atoms with Crippen LogP contribution in [0.3, 0.4) is 0 Å². The molecule has 0 aliphatic heterocycles. The summed E-state index contributed by atoms with van der Waals surface area (Å²) >= 11 is 7.92. The normalized spacial score (nSPS) is 18.3. The molecule has 1 aromatic carbocycles. The molecule has 1 saturated carbocycles. The molecule has 1 aromatic rings. The van der Waals surface area contributed by atoms with Crippen LogP contribution in [0.2, 0.25) is 5.02 Å². The first-order valence-corrected chi connectivity index (χ1v) is 8.25. The van der Waals surface area contributed by atoms with Gasteiger partial charge in [0.25, 0.3) is 0 Å². The third-order valence-corrected chi connectivity index (χ3v) is 5.05. The lowest BCUT2D eigenvalue weighted by atomic mass is 9.97. The van der Waals surface area contributed by atoms with E-state index < -0.39 is 0 Å². The van der Waals surface area contributed by atoms with Crippen molar-refractivity contribution in [2.45, 2.75) is 49.1 Å². The van der Waals surface area contributed by atoms with E-state index in [9.17, 15) is 5.11 Å². The van der Waals surface area contributed by atoms with Crippen molar-refractivity contribution in [2.75, 3.05) is 12.4 Å². The van der Waals surface area contributed by atoms with Crippen LogP contribution in [0.15, 0.2) is 29.2 Å². The van der Waals surface area contributed by atoms with Gasteiger partial charge in [-0.2, -0.15) is 0 Å². The molecule has 1 aliphatic rings. The van der Waals surface area contributed by atoms with Crippen LogP contribution in [-0.2, 0) is 0 Å². The molecule has 106 valence electrons. The summed E-state index contributed by atoms with van der Waals surface area (Å²) in [5, 5.41) is 13.9. The predicted octanol–water partition coefficient (Wildman–Crippen LogP) is 3.72. The Bertz CT molecular complexity index is 411. The van der Waals surface area contributed by atoms with Crippen molar-refractivity contribution in [3.63, 3.8) is 0 Å². The molecule has 0 spiro atoms. The fourth-order valence-electron chi connectivity index (χ4n) is 2.12. The Hall–Kier alpha value is -0.220. The molecule has 0 bridgehead atoms. The third kappa shape index (κ3) is 4.99. The van der Waals surface area contributed by atoms with Gasteiger partial charge in [-0.1, -0.05) is 23.7 Å². The molecule has 2 nitrogen and oxygen atoms in total. The molecular weight excluding hydrogens is 278 g/mol. The van der Waals surface area contributed by atoms with Crippen LogP contribution >= 0.6 is 23.4 Å². The van der Waals surface area contributed by atoms with Gasteiger partial charge in [0.1, 0.15) is 0 Å². The number of rotatable bonds is 8. The van der Waals surface area contributed by atoms with E-state index in [2.05, 4.69) is 18.3 Å². The van der Waals surface area contributed by atoms with E-state index in [4.69, 9.17) is 11.6 Å². The van der Waals surface area contributed by atoms with E-state index in [1.165, 1.54) is 12.8 Å². The number of hydrogen-bond donors (Lipinski definition) is 2. The molecule has 1 fully saturated rings. The Morgan fingerprint density at radius 1 is 1.42 bits per heavy atom. The van der Waals surface area contributed by atoms with E-state index in [1.54, 1.807) is 11.8 Å². The van der Waals surface area contributed by atoms with E-state index in [0.29, 0.717) is 6.04 Å². The van der Waals surface area contributed by atoms with Crippen molar-refractivity contribution >= 4 is 23.4 Å². The number of hydrogen-bond acceptors (Lipinski definition) is 3. The van der Waals surface area contributed by atoms with Crippen molar-refractivity contribution in [2.24, 2.45) is 0 Å². The van der Waals surface area contributed by atoms with Crippen LogP contribution in [0.4, 0.5) is 0 Å². The fourth-order valence-corrected chi connectivity index (χ4v) is 3.31. The molecule has 2 N–H and O–H groups in total. The summed E-state index contributed by atoms with van der Waals surface area (Å²) in [5.74, 6) is 1.03. The maximum absolute atomic E-state index is 9.53. The molecule has 0 saturated heterocycles. The Kier molecular flexibility index (Phi) is 5.58. The summed E-state index contributed by atoms with van der Waals surface area (Å²) in [6.07, 6.45) is 4.58. The SMILES string of the molecule is CC(CO)(CCCSc1ccccc1Cl)NC1CC1. The summed E-state index contributed by atoms with van der Waals surface area (Å²) in [4.78, 5) is 1.14. The molecule has 0 amide bonds. The first-order chi connectivity index (χ1) is 9.13. The van der Waals surface area contributed by atoms with Gasteiger partial charge in [-0.15, -0.1) is 11.8 Å². The molecule has 0 radical (unpaired) electrons. The fraction of sp³-hybridized carbons (Fsp3) is 0.600. The minimum atomic E-state index is -0.123. The van der Waals surface area contributed by atoms with Crippen molar-refractivity contribution in [3.8, 4) is 0 Å². The summed E-state index contributed by atoms with van der Waals surface area (Å²) in [5.41, 5.74) is -0.123. The van der Waals surface area contributed by atoms with E-state index in [0.717, 1.165) is 28.5 Å². The predicted molar refractivity (Wildman–Crippen MR) is 83.1 cm³/mol. The molecule has 19 heavy (non-hydrogen) atoms. The zero-order valence-electron chi connectivity index (χ0n) is 11.4. The molecule has 1 atom stereocenters. The number of aliphatic hydroxyl groups excluding tert-OH is 1. The highest BCUT2D eigenvalue weighted by molar-refractivity contribution is 7.99. The summed E-state index contributed by atoms with van der Waals surface area (Å²) in [6.45, 7) is 2.33. The lowest BCUT2D eigenvalue weighted by Gasteiger charge is -2.29. The van der Waals surface area contributed by atoms with Gasteiger partial charge in [0.15, 0.2) is 0 Å². The lowest BCUT2D eigenvalue weighted by molar-refractivity contribution is 0.163. The number of nitrogens with one attached hydrogen (secondary N) is 1. The minimum absolute atomic E-state index is 0.123. The van der Waals surface area contributed by atoms with Gasteiger partial charge in [-0.3, -0.25) is 0 Å². The van der Waals surface area contributed by atoms with Crippen molar-refractivity contribution < 1.29 is 5.11 Å². The zero-order valence-corrected chi connectivity index (χ0v) is 12.9. The van der Waals surface area contributed by atoms with Crippen LogP contribution in [0.1, 0.15) is 32.6 Å². The van der Waals surface area contributed by atoms with E-state index in [1.807, 2.05) is 18.2 Å². The molecule has 2 rings (SSSR count). The standard InChI is InChI=1S/C15H22ClNOS/c1-15(11-18,17-12-7-8-12)9-4-10-19-14-6-3-2-5-13(14)16/h2-3,5-6,12,17-18H,4,7-11H2,1H3. The van der Waals surface area contributed by atoms with Gasteiger partial charge < -0.3 is 10.4 Å². The van der Waals surface area contributed by atoms with Crippen molar-refractivity contribution in [1.29, 1.82) is 0 Å². The molecular formula is C15H22ClNOS. The Morgan fingerprint density at radius 2 is 2.16 bits per heavy atom.